The van der Waals surface area contributed by atoms with E-state index in [1.54, 1.807) is 7.11 Å². The summed E-state index contributed by atoms with van der Waals surface area (Å²) in [5, 5.41) is 3.25. The van der Waals surface area contributed by atoms with Crippen LogP contribution in [-0.4, -0.2) is 18.7 Å². The van der Waals surface area contributed by atoms with Crippen LogP contribution in [0.15, 0.2) is 48.5 Å². The second-order valence-corrected chi connectivity index (χ2v) is 4.90. The van der Waals surface area contributed by atoms with Gasteiger partial charge in [-0.25, -0.2) is 0 Å². The average molecular weight is 301 g/mol. The monoisotopic (exact) mass is 301 g/mol. The van der Waals surface area contributed by atoms with Crippen LogP contribution in [0.4, 0.5) is 0 Å². The zero-order valence-electron chi connectivity index (χ0n) is 12.3. The molecular formula is C17H19NO2S. The summed E-state index contributed by atoms with van der Waals surface area (Å²) in [6.45, 7) is 3.32. The molecule has 0 aromatic heterocycles. The van der Waals surface area contributed by atoms with Gasteiger partial charge in [0.25, 0.3) is 0 Å². The van der Waals surface area contributed by atoms with Gasteiger partial charge in [0.1, 0.15) is 16.5 Å². The fourth-order valence-electron chi connectivity index (χ4n) is 1.90. The first-order valence-corrected chi connectivity index (χ1v) is 7.27. The van der Waals surface area contributed by atoms with Crippen molar-refractivity contribution < 1.29 is 9.47 Å². The third-order valence-electron chi connectivity index (χ3n) is 3.04. The van der Waals surface area contributed by atoms with Crippen molar-refractivity contribution >= 4 is 17.2 Å². The van der Waals surface area contributed by atoms with Gasteiger partial charge in [0.15, 0.2) is 0 Å². The van der Waals surface area contributed by atoms with E-state index in [9.17, 15) is 0 Å². The van der Waals surface area contributed by atoms with Gasteiger partial charge in [-0.3, -0.25) is 0 Å². The summed E-state index contributed by atoms with van der Waals surface area (Å²) in [6, 6.07) is 15.7. The molecule has 2 aromatic carbocycles. The topological polar surface area (TPSA) is 30.5 Å². The number of rotatable bonds is 6. The van der Waals surface area contributed by atoms with Crippen molar-refractivity contribution in [3.63, 3.8) is 0 Å². The van der Waals surface area contributed by atoms with Crippen molar-refractivity contribution in [2.24, 2.45) is 0 Å². The molecule has 1 N–H and O–H groups in total. The lowest BCUT2D eigenvalue weighted by molar-refractivity contribution is 0.340. The number of methoxy groups -OCH3 is 1. The van der Waals surface area contributed by atoms with Gasteiger partial charge in [-0.15, -0.1) is 0 Å². The maximum atomic E-state index is 5.42. The van der Waals surface area contributed by atoms with Crippen molar-refractivity contribution in [1.29, 1.82) is 0 Å². The summed E-state index contributed by atoms with van der Waals surface area (Å²) in [5.74, 6) is 1.71. The Bertz CT molecular complexity index is 579. The number of hydrogen-bond donors (Lipinski definition) is 1. The molecule has 0 saturated carbocycles. The van der Waals surface area contributed by atoms with Crippen LogP contribution in [0.2, 0.25) is 0 Å². The minimum atomic E-state index is 0.666. The Morgan fingerprint density at radius 2 is 1.62 bits per heavy atom. The Labute approximate surface area is 130 Å². The Hall–Kier alpha value is -2.07. The van der Waals surface area contributed by atoms with Gasteiger partial charge in [-0.2, -0.15) is 0 Å². The van der Waals surface area contributed by atoms with Crippen molar-refractivity contribution in [2.45, 2.75) is 13.5 Å². The van der Waals surface area contributed by atoms with E-state index in [0.29, 0.717) is 13.2 Å². The normalized spacial score (nSPS) is 10.0. The summed E-state index contributed by atoms with van der Waals surface area (Å²) < 4.78 is 10.6. The van der Waals surface area contributed by atoms with Crippen LogP contribution in [-0.2, 0) is 6.54 Å². The van der Waals surface area contributed by atoms with Gasteiger partial charge in [0, 0.05) is 12.1 Å². The van der Waals surface area contributed by atoms with Crippen LogP contribution >= 0.6 is 12.2 Å². The zero-order valence-corrected chi connectivity index (χ0v) is 13.1. The molecule has 0 aliphatic heterocycles. The van der Waals surface area contributed by atoms with Crippen LogP contribution < -0.4 is 14.8 Å². The highest BCUT2D eigenvalue weighted by molar-refractivity contribution is 7.80. The molecule has 21 heavy (non-hydrogen) atoms. The minimum Gasteiger partial charge on any atom is -0.497 e. The van der Waals surface area contributed by atoms with Gasteiger partial charge in [0.2, 0.25) is 0 Å². The van der Waals surface area contributed by atoms with Crippen molar-refractivity contribution in [1.82, 2.24) is 5.32 Å². The van der Waals surface area contributed by atoms with E-state index >= 15 is 0 Å². The first kappa shape index (κ1) is 15.3. The molecule has 0 unspecified atom stereocenters. The molecule has 0 radical (unpaired) electrons. The average Bonchev–Trinajstić information content (AvgIpc) is 2.54. The minimum absolute atomic E-state index is 0.666. The van der Waals surface area contributed by atoms with Crippen LogP contribution in [0.5, 0.6) is 11.5 Å². The van der Waals surface area contributed by atoms with Gasteiger partial charge in [-0.05, 0) is 48.9 Å². The Morgan fingerprint density at radius 1 is 1.00 bits per heavy atom. The zero-order chi connectivity index (χ0) is 15.1. The van der Waals surface area contributed by atoms with E-state index in [2.05, 4.69) is 5.32 Å². The molecule has 2 aromatic rings. The fraction of sp³-hybridized carbons (Fsp3) is 0.235. The number of thiocarbonyl (C=S) groups is 1. The predicted octanol–water partition coefficient (Wildman–Crippen LogP) is 3.56. The van der Waals surface area contributed by atoms with Crippen molar-refractivity contribution in [3.8, 4) is 11.5 Å². The van der Waals surface area contributed by atoms with Crippen LogP contribution in [0.1, 0.15) is 18.1 Å². The lowest BCUT2D eigenvalue weighted by Crippen LogP contribution is -2.21. The maximum Gasteiger partial charge on any atom is 0.119 e. The van der Waals surface area contributed by atoms with Crippen molar-refractivity contribution in [2.75, 3.05) is 13.7 Å². The molecule has 0 saturated heterocycles. The molecule has 0 amide bonds. The Balaban J connectivity index is 1.91. The number of nitrogens with one attached hydrogen (secondary N) is 1. The van der Waals surface area contributed by atoms with Gasteiger partial charge in [-0.1, -0.05) is 24.4 Å². The van der Waals surface area contributed by atoms with E-state index in [-0.39, 0.29) is 0 Å². The number of benzene rings is 2. The SMILES string of the molecule is CCOc1ccc(C(=S)NCc2ccc(OC)cc2)cc1. The van der Waals surface area contributed by atoms with Crippen LogP contribution in [0, 0.1) is 0 Å². The molecule has 110 valence electrons. The lowest BCUT2D eigenvalue weighted by atomic mass is 10.2. The molecule has 0 bridgehead atoms. The standard InChI is InChI=1S/C17H19NO2S/c1-3-20-16-10-6-14(7-11-16)17(21)18-12-13-4-8-15(19-2)9-5-13/h4-11H,3,12H2,1-2H3,(H,18,21). The Kier molecular flexibility index (Phi) is 5.58. The van der Waals surface area contributed by atoms with Gasteiger partial charge < -0.3 is 14.8 Å². The molecule has 3 nitrogen and oxygen atoms in total. The second-order valence-electron chi connectivity index (χ2n) is 4.49. The van der Waals surface area contributed by atoms with E-state index in [1.807, 2.05) is 55.5 Å². The maximum absolute atomic E-state index is 5.42. The highest BCUT2D eigenvalue weighted by Gasteiger charge is 2.02. The van der Waals surface area contributed by atoms with Gasteiger partial charge in [0.05, 0.1) is 13.7 Å². The van der Waals surface area contributed by atoms with Crippen LogP contribution in [0.25, 0.3) is 0 Å². The molecule has 0 spiro atoms. The van der Waals surface area contributed by atoms with E-state index < -0.39 is 0 Å². The molecule has 0 heterocycles. The summed E-state index contributed by atoms with van der Waals surface area (Å²) in [7, 11) is 1.66. The van der Waals surface area contributed by atoms with E-state index in [0.717, 1.165) is 27.6 Å². The first-order chi connectivity index (χ1) is 10.2. The number of ether oxygens (including phenoxy) is 2. The first-order valence-electron chi connectivity index (χ1n) is 6.87. The third-order valence-corrected chi connectivity index (χ3v) is 3.42. The molecule has 4 heteroatoms. The third kappa shape index (κ3) is 4.46. The van der Waals surface area contributed by atoms with Crippen LogP contribution in [0.3, 0.4) is 0 Å². The highest BCUT2D eigenvalue weighted by Crippen LogP contribution is 2.13. The smallest absolute Gasteiger partial charge is 0.119 e. The fourth-order valence-corrected chi connectivity index (χ4v) is 2.11. The molecule has 2 rings (SSSR count). The molecule has 0 aliphatic rings. The summed E-state index contributed by atoms with van der Waals surface area (Å²) in [4.78, 5) is 0.730. The molecular weight excluding hydrogens is 282 g/mol. The summed E-state index contributed by atoms with van der Waals surface area (Å²) in [6.07, 6.45) is 0. The van der Waals surface area contributed by atoms with Crippen molar-refractivity contribution in [3.05, 3.63) is 59.7 Å². The second kappa shape index (κ2) is 7.64. The van der Waals surface area contributed by atoms with E-state index in [1.165, 1.54) is 0 Å². The number of hydrogen-bond acceptors (Lipinski definition) is 3. The Morgan fingerprint density at radius 3 is 2.19 bits per heavy atom. The largest absolute Gasteiger partial charge is 0.497 e. The molecule has 0 aliphatic carbocycles. The van der Waals surface area contributed by atoms with E-state index in [4.69, 9.17) is 21.7 Å². The predicted molar refractivity (Wildman–Crippen MR) is 89.1 cm³/mol. The summed E-state index contributed by atoms with van der Waals surface area (Å²) in [5.41, 5.74) is 2.14. The quantitative estimate of drug-likeness (QED) is 0.827. The summed E-state index contributed by atoms with van der Waals surface area (Å²) >= 11 is 5.40. The highest BCUT2D eigenvalue weighted by atomic mass is 32.1. The molecule has 0 atom stereocenters. The van der Waals surface area contributed by atoms with Gasteiger partial charge >= 0.3 is 0 Å². The molecule has 0 fully saturated rings. The lowest BCUT2D eigenvalue weighted by Gasteiger charge is -2.10.